The van der Waals surface area contributed by atoms with E-state index in [0.717, 1.165) is 65.1 Å². The summed E-state index contributed by atoms with van der Waals surface area (Å²) < 4.78 is 5.28. The molecular weight excluding hydrogens is 420 g/mol. The van der Waals surface area contributed by atoms with Crippen LogP contribution in [0.25, 0.3) is 22.2 Å². The van der Waals surface area contributed by atoms with Crippen molar-refractivity contribution in [3.63, 3.8) is 0 Å². The highest BCUT2D eigenvalue weighted by Crippen LogP contribution is 2.29. The summed E-state index contributed by atoms with van der Waals surface area (Å²) >= 11 is 0. The number of hydrogen-bond donors (Lipinski definition) is 2. The standard InChI is InChI=1S/C26H28N4O.ClH/c1-31-21-11-9-19(10-12-21)26-18-23(22-7-2-3-8-25(22)30-26)24(27)14-17-28-16-13-20-6-4-5-15-29-20;/h2-12,15,18,24,28H,13-14,16-17,27H2,1H3;1H. The van der Waals surface area contributed by atoms with E-state index >= 15 is 0 Å². The minimum Gasteiger partial charge on any atom is -0.497 e. The number of ether oxygens (including phenoxy) is 1. The van der Waals surface area contributed by atoms with E-state index in [1.165, 1.54) is 0 Å². The molecule has 2 aromatic heterocycles. The molecule has 4 aromatic rings. The van der Waals surface area contributed by atoms with Crippen molar-refractivity contribution in [2.45, 2.75) is 18.9 Å². The lowest BCUT2D eigenvalue weighted by atomic mass is 9.97. The molecule has 0 radical (unpaired) electrons. The number of methoxy groups -OCH3 is 1. The number of nitrogens with two attached hydrogens (primary N) is 1. The summed E-state index contributed by atoms with van der Waals surface area (Å²) in [5.41, 5.74) is 11.8. The summed E-state index contributed by atoms with van der Waals surface area (Å²) in [7, 11) is 1.67. The topological polar surface area (TPSA) is 73.1 Å². The van der Waals surface area contributed by atoms with Gasteiger partial charge in [-0.1, -0.05) is 24.3 Å². The fourth-order valence-electron chi connectivity index (χ4n) is 3.72. The summed E-state index contributed by atoms with van der Waals surface area (Å²) in [6, 6.07) is 24.2. The molecule has 1 atom stereocenters. The van der Waals surface area contributed by atoms with Crippen LogP contribution in [0.5, 0.6) is 5.75 Å². The molecule has 2 aromatic carbocycles. The van der Waals surface area contributed by atoms with Gasteiger partial charge in [-0.15, -0.1) is 12.4 Å². The number of fused-ring (bicyclic) bond motifs is 1. The van der Waals surface area contributed by atoms with Crippen molar-refractivity contribution >= 4 is 23.3 Å². The van der Waals surface area contributed by atoms with Gasteiger partial charge in [0, 0.05) is 41.8 Å². The zero-order chi connectivity index (χ0) is 21.5. The van der Waals surface area contributed by atoms with E-state index in [9.17, 15) is 0 Å². The second-order valence-electron chi connectivity index (χ2n) is 7.56. The Kier molecular flexibility index (Phi) is 8.56. The molecule has 2 heterocycles. The van der Waals surface area contributed by atoms with Crippen LogP contribution in [0.2, 0.25) is 0 Å². The zero-order valence-corrected chi connectivity index (χ0v) is 19.0. The van der Waals surface area contributed by atoms with Gasteiger partial charge in [0.05, 0.1) is 18.3 Å². The maximum Gasteiger partial charge on any atom is 0.118 e. The second kappa shape index (κ2) is 11.6. The number of aromatic nitrogens is 2. The highest BCUT2D eigenvalue weighted by molar-refractivity contribution is 5.86. The first-order valence-corrected chi connectivity index (χ1v) is 10.6. The smallest absolute Gasteiger partial charge is 0.118 e. The maximum absolute atomic E-state index is 6.65. The van der Waals surface area contributed by atoms with Gasteiger partial charge >= 0.3 is 0 Å². The molecule has 0 saturated carbocycles. The van der Waals surface area contributed by atoms with Gasteiger partial charge < -0.3 is 15.8 Å². The largest absolute Gasteiger partial charge is 0.497 e. The first-order valence-electron chi connectivity index (χ1n) is 10.6. The number of rotatable bonds is 9. The highest BCUT2D eigenvalue weighted by atomic mass is 35.5. The van der Waals surface area contributed by atoms with Crippen LogP contribution >= 0.6 is 12.4 Å². The predicted molar refractivity (Wildman–Crippen MR) is 133 cm³/mol. The Bertz CT molecular complexity index is 1120. The lowest BCUT2D eigenvalue weighted by Crippen LogP contribution is -2.23. The molecule has 32 heavy (non-hydrogen) atoms. The molecule has 5 nitrogen and oxygen atoms in total. The highest BCUT2D eigenvalue weighted by Gasteiger charge is 2.13. The van der Waals surface area contributed by atoms with Crippen LogP contribution in [0.1, 0.15) is 23.7 Å². The molecule has 1 unspecified atom stereocenters. The lowest BCUT2D eigenvalue weighted by Gasteiger charge is -2.17. The van der Waals surface area contributed by atoms with Crippen LogP contribution in [-0.2, 0) is 6.42 Å². The Labute approximate surface area is 195 Å². The summed E-state index contributed by atoms with van der Waals surface area (Å²) in [5.74, 6) is 0.832. The summed E-state index contributed by atoms with van der Waals surface area (Å²) in [6.45, 7) is 1.74. The Morgan fingerprint density at radius 2 is 1.75 bits per heavy atom. The number of halogens is 1. The normalized spacial score (nSPS) is 11.7. The molecule has 3 N–H and O–H groups in total. The molecule has 166 valence electrons. The monoisotopic (exact) mass is 448 g/mol. The van der Waals surface area contributed by atoms with E-state index < -0.39 is 0 Å². The first-order chi connectivity index (χ1) is 15.2. The third kappa shape index (κ3) is 5.82. The van der Waals surface area contributed by atoms with E-state index in [4.69, 9.17) is 15.5 Å². The number of benzene rings is 2. The number of para-hydroxylation sites is 1. The average molecular weight is 449 g/mol. The molecule has 0 aliphatic heterocycles. The fourth-order valence-corrected chi connectivity index (χ4v) is 3.72. The SMILES string of the molecule is COc1ccc(-c2cc(C(N)CCNCCc3ccccn3)c3ccccc3n2)cc1.Cl. The molecule has 0 fully saturated rings. The molecular formula is C26H29ClN4O. The van der Waals surface area contributed by atoms with Crippen molar-refractivity contribution in [2.75, 3.05) is 20.2 Å². The van der Waals surface area contributed by atoms with Crippen molar-refractivity contribution < 1.29 is 4.74 Å². The number of hydrogen-bond acceptors (Lipinski definition) is 5. The second-order valence-corrected chi connectivity index (χ2v) is 7.56. The van der Waals surface area contributed by atoms with Crippen LogP contribution in [-0.4, -0.2) is 30.2 Å². The third-order valence-corrected chi connectivity index (χ3v) is 5.45. The van der Waals surface area contributed by atoms with Gasteiger partial charge in [-0.2, -0.15) is 0 Å². The molecule has 6 heteroatoms. The fraction of sp³-hybridized carbons (Fsp3) is 0.231. The molecule has 0 bridgehead atoms. The van der Waals surface area contributed by atoms with Gasteiger partial charge in [0.1, 0.15) is 5.75 Å². The number of nitrogens with one attached hydrogen (secondary N) is 1. The summed E-state index contributed by atoms with van der Waals surface area (Å²) in [5, 5.41) is 4.60. The summed E-state index contributed by atoms with van der Waals surface area (Å²) in [6.07, 6.45) is 3.59. The van der Waals surface area contributed by atoms with Crippen molar-refractivity contribution in [1.29, 1.82) is 0 Å². The van der Waals surface area contributed by atoms with Gasteiger partial charge in [-0.25, -0.2) is 4.98 Å². The third-order valence-electron chi connectivity index (χ3n) is 5.45. The van der Waals surface area contributed by atoms with E-state index in [0.29, 0.717) is 0 Å². The maximum atomic E-state index is 6.65. The number of pyridine rings is 2. The van der Waals surface area contributed by atoms with Crippen molar-refractivity contribution in [3.05, 3.63) is 90.3 Å². The zero-order valence-electron chi connectivity index (χ0n) is 18.2. The van der Waals surface area contributed by atoms with Crippen LogP contribution in [0.3, 0.4) is 0 Å². The minimum atomic E-state index is -0.0766. The minimum absolute atomic E-state index is 0. The van der Waals surface area contributed by atoms with Crippen molar-refractivity contribution in [3.8, 4) is 17.0 Å². The van der Waals surface area contributed by atoms with Gasteiger partial charge in [0.15, 0.2) is 0 Å². The lowest BCUT2D eigenvalue weighted by molar-refractivity contribution is 0.415. The van der Waals surface area contributed by atoms with Gasteiger partial charge in [-0.3, -0.25) is 4.98 Å². The van der Waals surface area contributed by atoms with Crippen molar-refractivity contribution in [2.24, 2.45) is 5.73 Å². The van der Waals surface area contributed by atoms with Gasteiger partial charge in [0.25, 0.3) is 0 Å². The Balaban J connectivity index is 0.00000289. The first kappa shape index (κ1) is 23.7. The molecule has 0 spiro atoms. The molecule has 0 aliphatic rings. The van der Waals surface area contributed by atoms with Crippen molar-refractivity contribution in [1.82, 2.24) is 15.3 Å². The van der Waals surface area contributed by atoms with Crippen LogP contribution in [0, 0.1) is 0 Å². The van der Waals surface area contributed by atoms with E-state index in [1.807, 2.05) is 60.8 Å². The average Bonchev–Trinajstić information content (AvgIpc) is 2.83. The quantitative estimate of drug-likeness (QED) is 0.354. The Morgan fingerprint density at radius 1 is 0.969 bits per heavy atom. The number of nitrogens with zero attached hydrogens (tertiary/aromatic N) is 2. The van der Waals surface area contributed by atoms with Crippen LogP contribution in [0.4, 0.5) is 0 Å². The molecule has 4 rings (SSSR count). The molecule has 0 aliphatic carbocycles. The van der Waals surface area contributed by atoms with Crippen LogP contribution < -0.4 is 15.8 Å². The summed E-state index contributed by atoms with van der Waals surface area (Å²) in [4.78, 5) is 9.23. The van der Waals surface area contributed by atoms with E-state index in [2.05, 4.69) is 28.5 Å². The molecule has 0 saturated heterocycles. The molecule has 0 amide bonds. The van der Waals surface area contributed by atoms with Gasteiger partial charge in [-0.05, 0) is 67.1 Å². The Hall–Kier alpha value is -2.99. The van der Waals surface area contributed by atoms with E-state index in [1.54, 1.807) is 7.11 Å². The van der Waals surface area contributed by atoms with Crippen LogP contribution in [0.15, 0.2) is 79.0 Å². The van der Waals surface area contributed by atoms with Gasteiger partial charge in [0.2, 0.25) is 0 Å². The predicted octanol–water partition coefficient (Wildman–Crippen LogP) is 4.95. The van der Waals surface area contributed by atoms with E-state index in [-0.39, 0.29) is 18.4 Å². The Morgan fingerprint density at radius 3 is 2.50 bits per heavy atom.